The molecule has 0 radical (unpaired) electrons. The molecule has 1 aromatic carbocycles. The maximum atomic E-state index is 13.5. The molecule has 0 fully saturated rings. The van der Waals surface area contributed by atoms with E-state index in [-0.39, 0.29) is 5.57 Å². The number of likely N-dealkylation sites (N-methyl/N-ethyl adjacent to an activating group) is 1. The van der Waals surface area contributed by atoms with Gasteiger partial charge in [0.25, 0.3) is 5.91 Å². The number of carbonyl (C=O) groups excluding carboxylic acids is 2. The zero-order valence-electron chi connectivity index (χ0n) is 12.8. The van der Waals surface area contributed by atoms with Crippen LogP contribution < -0.4 is 0 Å². The Hall–Kier alpha value is -2.21. The van der Waals surface area contributed by atoms with Crippen LogP contribution in [-0.2, 0) is 9.59 Å². The summed E-state index contributed by atoms with van der Waals surface area (Å²) in [5, 5.41) is 10.0. The molecular weight excluding hydrogens is 287 g/mol. The molecule has 5 nitrogen and oxygen atoms in total. The zero-order chi connectivity index (χ0) is 16.4. The van der Waals surface area contributed by atoms with Crippen molar-refractivity contribution in [3.8, 4) is 0 Å². The summed E-state index contributed by atoms with van der Waals surface area (Å²) >= 11 is 0. The Kier molecular flexibility index (Phi) is 4.61. The standard InChI is InChI=1S/C16H19FN2O3/c1-10(20)13-14(11-5-4-6-12(17)9-11)19(8-7-18(2)3)16(22)15(13)21/h4-6,9,14,21H,7-8H2,1-3H3/t14-/m0/s1. The maximum Gasteiger partial charge on any atom is 0.290 e. The minimum Gasteiger partial charge on any atom is -0.503 e. The molecule has 1 heterocycles. The summed E-state index contributed by atoms with van der Waals surface area (Å²) in [4.78, 5) is 27.4. The van der Waals surface area contributed by atoms with Crippen LogP contribution in [0.3, 0.4) is 0 Å². The number of aliphatic hydroxyl groups excluding tert-OH is 1. The van der Waals surface area contributed by atoms with E-state index in [0.717, 1.165) is 0 Å². The van der Waals surface area contributed by atoms with Crippen LogP contribution in [0.5, 0.6) is 0 Å². The number of benzene rings is 1. The largest absolute Gasteiger partial charge is 0.503 e. The van der Waals surface area contributed by atoms with Gasteiger partial charge in [-0.2, -0.15) is 0 Å². The Morgan fingerprint density at radius 3 is 2.64 bits per heavy atom. The van der Waals surface area contributed by atoms with E-state index in [1.807, 2.05) is 19.0 Å². The number of halogens is 1. The van der Waals surface area contributed by atoms with E-state index < -0.39 is 29.3 Å². The summed E-state index contributed by atoms with van der Waals surface area (Å²) in [5.41, 5.74) is 0.496. The van der Waals surface area contributed by atoms with E-state index in [1.165, 1.54) is 30.0 Å². The van der Waals surface area contributed by atoms with E-state index in [0.29, 0.717) is 18.7 Å². The van der Waals surface area contributed by atoms with Crippen molar-refractivity contribution >= 4 is 11.7 Å². The highest BCUT2D eigenvalue weighted by Crippen LogP contribution is 2.37. The van der Waals surface area contributed by atoms with Crippen LogP contribution in [0.4, 0.5) is 4.39 Å². The zero-order valence-corrected chi connectivity index (χ0v) is 12.8. The van der Waals surface area contributed by atoms with E-state index in [9.17, 15) is 19.1 Å². The SMILES string of the molecule is CC(=O)C1=C(O)C(=O)N(CCN(C)C)[C@H]1c1cccc(F)c1. The van der Waals surface area contributed by atoms with E-state index in [2.05, 4.69) is 0 Å². The molecule has 22 heavy (non-hydrogen) atoms. The van der Waals surface area contributed by atoms with Gasteiger partial charge in [0, 0.05) is 13.1 Å². The number of carbonyl (C=O) groups is 2. The van der Waals surface area contributed by atoms with Crippen molar-refractivity contribution in [2.45, 2.75) is 13.0 Å². The molecule has 0 saturated heterocycles. The van der Waals surface area contributed by atoms with Gasteiger partial charge in [-0.25, -0.2) is 4.39 Å². The molecule has 1 N–H and O–H groups in total. The minimum absolute atomic E-state index is 0.0226. The Labute approximate surface area is 128 Å². The van der Waals surface area contributed by atoms with Gasteiger partial charge in [-0.15, -0.1) is 0 Å². The van der Waals surface area contributed by atoms with Gasteiger partial charge >= 0.3 is 0 Å². The maximum absolute atomic E-state index is 13.5. The van der Waals surface area contributed by atoms with Crippen LogP contribution in [0.1, 0.15) is 18.5 Å². The van der Waals surface area contributed by atoms with Gasteiger partial charge in [0.2, 0.25) is 0 Å². The van der Waals surface area contributed by atoms with Crippen molar-refractivity contribution in [1.29, 1.82) is 0 Å². The van der Waals surface area contributed by atoms with Crippen LogP contribution >= 0.6 is 0 Å². The normalized spacial score (nSPS) is 18.5. The number of ketones is 1. The molecule has 0 spiro atoms. The van der Waals surface area contributed by atoms with Gasteiger partial charge < -0.3 is 14.9 Å². The van der Waals surface area contributed by atoms with Crippen molar-refractivity contribution in [2.75, 3.05) is 27.2 Å². The fourth-order valence-electron chi connectivity index (χ4n) is 2.57. The molecular formula is C16H19FN2O3. The number of Topliss-reactive ketones (excluding diaryl/α,β-unsaturated/α-hetero) is 1. The van der Waals surface area contributed by atoms with Crippen LogP contribution in [0.25, 0.3) is 0 Å². The summed E-state index contributed by atoms with van der Waals surface area (Å²) in [5.74, 6) is -1.99. The highest BCUT2D eigenvalue weighted by Gasteiger charge is 2.42. The van der Waals surface area contributed by atoms with E-state index >= 15 is 0 Å². The van der Waals surface area contributed by atoms with Crippen molar-refractivity contribution in [3.63, 3.8) is 0 Å². The second kappa shape index (κ2) is 6.27. The molecule has 2 rings (SSSR count). The van der Waals surface area contributed by atoms with E-state index in [1.54, 1.807) is 6.07 Å². The Morgan fingerprint density at radius 1 is 1.41 bits per heavy atom. The lowest BCUT2D eigenvalue weighted by Crippen LogP contribution is -2.36. The fraction of sp³-hybridized carbons (Fsp3) is 0.375. The third kappa shape index (κ3) is 3.01. The van der Waals surface area contributed by atoms with Crippen LogP contribution in [-0.4, -0.2) is 53.8 Å². The molecule has 1 atom stereocenters. The average molecular weight is 306 g/mol. The smallest absolute Gasteiger partial charge is 0.290 e. The molecule has 1 aliphatic heterocycles. The monoisotopic (exact) mass is 306 g/mol. The summed E-state index contributed by atoms with van der Waals surface area (Å²) in [7, 11) is 3.72. The van der Waals surface area contributed by atoms with Crippen molar-refractivity contribution in [2.24, 2.45) is 0 Å². The topological polar surface area (TPSA) is 60.9 Å². The van der Waals surface area contributed by atoms with Crippen molar-refractivity contribution in [3.05, 3.63) is 47.0 Å². The van der Waals surface area contributed by atoms with E-state index in [4.69, 9.17) is 0 Å². The highest BCUT2D eigenvalue weighted by atomic mass is 19.1. The number of hydrogen-bond acceptors (Lipinski definition) is 4. The predicted octanol–water partition coefficient (Wildman–Crippen LogP) is 1.67. The third-order valence-corrected chi connectivity index (χ3v) is 3.64. The molecule has 1 aliphatic rings. The van der Waals surface area contributed by atoms with Crippen molar-refractivity contribution in [1.82, 2.24) is 9.80 Å². The molecule has 0 bridgehead atoms. The van der Waals surface area contributed by atoms with Gasteiger partial charge in [0.05, 0.1) is 11.6 Å². The number of aliphatic hydroxyl groups is 1. The van der Waals surface area contributed by atoms with Gasteiger partial charge in [0.15, 0.2) is 11.5 Å². The first-order valence-corrected chi connectivity index (χ1v) is 6.98. The molecule has 0 aromatic heterocycles. The number of hydrogen-bond donors (Lipinski definition) is 1. The molecule has 0 saturated carbocycles. The minimum atomic E-state index is -0.749. The lowest BCUT2D eigenvalue weighted by atomic mass is 9.96. The third-order valence-electron chi connectivity index (χ3n) is 3.64. The Morgan fingerprint density at radius 2 is 2.09 bits per heavy atom. The second-order valence-electron chi connectivity index (χ2n) is 5.58. The number of nitrogens with zero attached hydrogens (tertiary/aromatic N) is 2. The molecule has 118 valence electrons. The molecule has 1 aromatic rings. The molecule has 0 unspecified atom stereocenters. The van der Waals surface area contributed by atoms with Gasteiger partial charge in [-0.1, -0.05) is 12.1 Å². The Bertz CT molecular complexity index is 640. The number of amides is 1. The number of rotatable bonds is 5. The first-order valence-electron chi connectivity index (χ1n) is 6.98. The van der Waals surface area contributed by atoms with Gasteiger partial charge in [-0.3, -0.25) is 9.59 Å². The molecule has 6 heteroatoms. The average Bonchev–Trinajstić information content (AvgIpc) is 2.69. The van der Waals surface area contributed by atoms with Crippen LogP contribution in [0.15, 0.2) is 35.6 Å². The van der Waals surface area contributed by atoms with Crippen LogP contribution in [0, 0.1) is 5.82 Å². The summed E-state index contributed by atoms with van der Waals surface area (Å²) < 4.78 is 13.5. The fourth-order valence-corrected chi connectivity index (χ4v) is 2.57. The lowest BCUT2D eigenvalue weighted by Gasteiger charge is -2.27. The van der Waals surface area contributed by atoms with Gasteiger partial charge in [-0.05, 0) is 38.7 Å². The highest BCUT2D eigenvalue weighted by molar-refractivity contribution is 6.08. The summed E-state index contributed by atoms with van der Waals surface area (Å²) in [6.07, 6.45) is 0. The predicted molar refractivity (Wildman–Crippen MR) is 79.7 cm³/mol. The van der Waals surface area contributed by atoms with Crippen molar-refractivity contribution < 1.29 is 19.1 Å². The molecule has 1 amide bonds. The summed E-state index contributed by atoms with van der Waals surface area (Å²) in [6.45, 7) is 2.18. The second-order valence-corrected chi connectivity index (χ2v) is 5.58. The first kappa shape index (κ1) is 16.2. The van der Waals surface area contributed by atoms with Gasteiger partial charge in [0.1, 0.15) is 5.82 Å². The first-order chi connectivity index (χ1) is 10.3. The Balaban J connectivity index is 2.46. The summed E-state index contributed by atoms with van der Waals surface area (Å²) in [6, 6.07) is 4.99. The molecule has 0 aliphatic carbocycles. The quantitative estimate of drug-likeness (QED) is 0.899. The van der Waals surface area contributed by atoms with Crippen LogP contribution in [0.2, 0.25) is 0 Å². The lowest BCUT2D eigenvalue weighted by molar-refractivity contribution is -0.129.